The molecule has 0 saturated carbocycles. The molecule has 5 aromatic rings. The van der Waals surface area contributed by atoms with Crippen molar-refractivity contribution in [1.29, 1.82) is 0 Å². The summed E-state index contributed by atoms with van der Waals surface area (Å²) in [6.45, 7) is 1.70. The van der Waals surface area contributed by atoms with Crippen molar-refractivity contribution < 1.29 is 18.7 Å². The normalized spacial score (nSPS) is 14.4. The Labute approximate surface area is 248 Å². The minimum absolute atomic E-state index is 0.163. The number of methoxy groups -OCH3 is 1. The van der Waals surface area contributed by atoms with Crippen LogP contribution in [0.3, 0.4) is 0 Å². The van der Waals surface area contributed by atoms with Crippen molar-refractivity contribution in [3.8, 4) is 5.75 Å². The van der Waals surface area contributed by atoms with Gasteiger partial charge in [-0.2, -0.15) is 0 Å². The van der Waals surface area contributed by atoms with Gasteiger partial charge >= 0.3 is 0 Å². The highest BCUT2D eigenvalue weighted by Crippen LogP contribution is 2.29. The number of aromatic nitrogens is 2. The third-order valence-corrected chi connectivity index (χ3v) is 8.05. The van der Waals surface area contributed by atoms with E-state index in [1.54, 1.807) is 19.2 Å². The summed E-state index contributed by atoms with van der Waals surface area (Å²) >= 11 is 0. The molecule has 2 amide bonds. The van der Waals surface area contributed by atoms with Gasteiger partial charge in [-0.25, -0.2) is 4.39 Å². The number of carbonyl (C=O) groups excluding carboxylic acids is 2. The first-order chi connectivity index (χ1) is 21.0. The molecule has 0 aliphatic carbocycles. The van der Waals surface area contributed by atoms with Gasteiger partial charge in [0.25, 0.3) is 0 Å². The van der Waals surface area contributed by atoms with E-state index < -0.39 is 6.04 Å². The number of carbonyl (C=O) groups is 2. The number of nitrogens with one attached hydrogen (secondary N) is 4. The highest BCUT2D eigenvalue weighted by atomic mass is 19.1. The molecule has 0 fully saturated rings. The third-order valence-electron chi connectivity index (χ3n) is 8.05. The van der Waals surface area contributed by atoms with Crippen molar-refractivity contribution in [3.05, 3.63) is 108 Å². The number of nitrogens with zero attached hydrogens (tertiary/aromatic N) is 1. The van der Waals surface area contributed by atoms with Gasteiger partial charge in [-0.3, -0.25) is 14.5 Å². The average Bonchev–Trinajstić information content (AvgIpc) is 3.64. The van der Waals surface area contributed by atoms with Crippen LogP contribution in [0.1, 0.15) is 23.1 Å². The number of para-hydroxylation sites is 2. The Morgan fingerprint density at radius 3 is 2.60 bits per heavy atom. The summed E-state index contributed by atoms with van der Waals surface area (Å²) in [5.74, 6) is -0.0623. The smallest absolute Gasteiger partial charge is 0.243 e. The molecule has 0 saturated heterocycles. The van der Waals surface area contributed by atoms with Gasteiger partial charge in [-0.1, -0.05) is 42.5 Å². The first-order valence-corrected chi connectivity index (χ1v) is 14.4. The quantitative estimate of drug-likeness (QED) is 0.189. The van der Waals surface area contributed by atoms with E-state index in [-0.39, 0.29) is 30.7 Å². The Hall–Kier alpha value is -4.89. The SMILES string of the molecule is COc1ccccc1CNC(=O)[C@@H](Cc1c[nH]c2ccccc12)NC(=O)CN1CC=C(c2c[nH]c3ccc(F)cc23)CC1. The number of fused-ring (bicyclic) bond motifs is 2. The van der Waals surface area contributed by atoms with Crippen molar-refractivity contribution >= 4 is 39.2 Å². The van der Waals surface area contributed by atoms with E-state index >= 15 is 0 Å². The molecule has 6 rings (SSSR count). The Bertz CT molecular complexity index is 1810. The Morgan fingerprint density at radius 2 is 1.77 bits per heavy atom. The highest BCUT2D eigenvalue weighted by molar-refractivity contribution is 5.93. The lowest BCUT2D eigenvalue weighted by atomic mass is 9.99. The molecule has 3 aromatic carbocycles. The average molecular weight is 580 g/mol. The van der Waals surface area contributed by atoms with Crippen LogP contribution in [0.15, 0.2) is 85.2 Å². The lowest BCUT2D eigenvalue weighted by Crippen LogP contribution is -2.50. The molecule has 1 aliphatic rings. The van der Waals surface area contributed by atoms with Gasteiger partial charge in [-0.15, -0.1) is 0 Å². The molecule has 3 heterocycles. The zero-order chi connectivity index (χ0) is 29.8. The molecule has 0 spiro atoms. The van der Waals surface area contributed by atoms with E-state index in [2.05, 4.69) is 26.7 Å². The van der Waals surface area contributed by atoms with Crippen LogP contribution in [0, 0.1) is 5.82 Å². The van der Waals surface area contributed by atoms with E-state index in [0.29, 0.717) is 25.3 Å². The molecule has 1 atom stereocenters. The Balaban J connectivity index is 1.13. The van der Waals surface area contributed by atoms with Crippen LogP contribution >= 0.6 is 0 Å². The summed E-state index contributed by atoms with van der Waals surface area (Å²) in [5.41, 5.74) is 5.79. The largest absolute Gasteiger partial charge is 0.496 e. The van der Waals surface area contributed by atoms with Crippen LogP contribution in [0.4, 0.5) is 4.39 Å². The fraction of sp³-hybridized carbons (Fsp3) is 0.235. The highest BCUT2D eigenvalue weighted by Gasteiger charge is 2.25. The van der Waals surface area contributed by atoms with E-state index in [4.69, 9.17) is 4.74 Å². The number of ether oxygens (including phenoxy) is 1. The second-order valence-corrected chi connectivity index (χ2v) is 10.8. The second-order valence-electron chi connectivity index (χ2n) is 10.8. The molecule has 0 unspecified atom stereocenters. The van der Waals surface area contributed by atoms with Gasteiger partial charge in [0, 0.05) is 71.4 Å². The molecule has 4 N–H and O–H groups in total. The topological polar surface area (TPSA) is 102 Å². The fourth-order valence-electron chi connectivity index (χ4n) is 5.79. The number of aromatic amines is 2. The molecule has 43 heavy (non-hydrogen) atoms. The number of hydrogen-bond donors (Lipinski definition) is 4. The molecule has 220 valence electrons. The summed E-state index contributed by atoms with van der Waals surface area (Å²) in [7, 11) is 1.60. The molecule has 2 aromatic heterocycles. The maximum absolute atomic E-state index is 13.9. The lowest BCUT2D eigenvalue weighted by molar-refractivity contribution is -0.129. The summed E-state index contributed by atoms with van der Waals surface area (Å²) in [6, 6.07) is 19.4. The first-order valence-electron chi connectivity index (χ1n) is 14.4. The van der Waals surface area contributed by atoms with Crippen molar-refractivity contribution in [1.82, 2.24) is 25.5 Å². The zero-order valence-corrected chi connectivity index (χ0v) is 24.0. The molecule has 1 aliphatic heterocycles. The molecule has 0 bridgehead atoms. The predicted octanol–water partition coefficient (Wildman–Crippen LogP) is 4.93. The van der Waals surface area contributed by atoms with Crippen LogP contribution in [0.2, 0.25) is 0 Å². The molecular formula is C34H34FN5O3. The van der Waals surface area contributed by atoms with Crippen LogP contribution < -0.4 is 15.4 Å². The third kappa shape index (κ3) is 6.32. The van der Waals surface area contributed by atoms with Crippen LogP contribution in [-0.2, 0) is 22.6 Å². The van der Waals surface area contributed by atoms with Gasteiger partial charge < -0.3 is 25.3 Å². The number of benzene rings is 3. The predicted molar refractivity (Wildman–Crippen MR) is 166 cm³/mol. The van der Waals surface area contributed by atoms with Gasteiger partial charge in [0.15, 0.2) is 0 Å². The van der Waals surface area contributed by atoms with E-state index in [9.17, 15) is 14.0 Å². The number of rotatable bonds is 10. The zero-order valence-electron chi connectivity index (χ0n) is 24.0. The van der Waals surface area contributed by atoms with Gasteiger partial charge in [0.05, 0.1) is 13.7 Å². The standard InChI is InChI=1S/C34H34FN5O3/c1-43-32-9-5-2-6-23(32)18-38-34(42)31(16-24-19-36-29-8-4-3-7-26(24)29)39-33(41)21-40-14-12-22(13-15-40)28-20-37-30-11-10-25(35)17-27(28)30/h2-12,17,19-20,31,36-37H,13-16,18,21H2,1H3,(H,38,42)(H,39,41)/t31-/m1/s1. The number of hydrogen-bond acceptors (Lipinski definition) is 4. The fourth-order valence-corrected chi connectivity index (χ4v) is 5.79. The molecule has 0 radical (unpaired) electrons. The maximum atomic E-state index is 13.9. The number of halogens is 1. The van der Waals surface area contributed by atoms with E-state index in [1.807, 2.05) is 65.8 Å². The second kappa shape index (κ2) is 12.5. The Morgan fingerprint density at radius 1 is 0.977 bits per heavy atom. The van der Waals surface area contributed by atoms with Crippen molar-refractivity contribution in [2.24, 2.45) is 0 Å². The van der Waals surface area contributed by atoms with E-state index in [0.717, 1.165) is 50.5 Å². The Kier molecular flexibility index (Phi) is 8.24. The van der Waals surface area contributed by atoms with E-state index in [1.165, 1.54) is 6.07 Å². The molecule has 9 heteroatoms. The summed E-state index contributed by atoms with van der Waals surface area (Å²) in [4.78, 5) is 35.3. The lowest BCUT2D eigenvalue weighted by Gasteiger charge is -2.27. The first kappa shape index (κ1) is 28.2. The minimum Gasteiger partial charge on any atom is -0.496 e. The van der Waals surface area contributed by atoms with Gasteiger partial charge in [-0.05, 0) is 47.9 Å². The molecule has 8 nitrogen and oxygen atoms in total. The van der Waals surface area contributed by atoms with Crippen molar-refractivity contribution in [2.45, 2.75) is 25.4 Å². The molecular weight excluding hydrogens is 545 g/mol. The maximum Gasteiger partial charge on any atom is 0.243 e. The van der Waals surface area contributed by atoms with Gasteiger partial charge in [0.1, 0.15) is 17.6 Å². The number of amides is 2. The van der Waals surface area contributed by atoms with Crippen LogP contribution in [0.5, 0.6) is 5.75 Å². The summed E-state index contributed by atoms with van der Waals surface area (Å²) in [5, 5.41) is 7.86. The van der Waals surface area contributed by atoms with Gasteiger partial charge in [0.2, 0.25) is 11.8 Å². The van der Waals surface area contributed by atoms with Crippen LogP contribution in [-0.4, -0.2) is 59.5 Å². The minimum atomic E-state index is -0.765. The summed E-state index contributed by atoms with van der Waals surface area (Å²) < 4.78 is 19.3. The summed E-state index contributed by atoms with van der Waals surface area (Å²) in [6.07, 6.45) is 6.97. The number of H-pyrrole nitrogens is 2. The van der Waals surface area contributed by atoms with Crippen molar-refractivity contribution in [2.75, 3.05) is 26.7 Å². The van der Waals surface area contributed by atoms with Crippen LogP contribution in [0.25, 0.3) is 27.4 Å². The van der Waals surface area contributed by atoms with Crippen molar-refractivity contribution in [3.63, 3.8) is 0 Å². The monoisotopic (exact) mass is 579 g/mol.